The number of nitrogens with one attached hydrogen (secondary N) is 2. The number of piperidine rings is 1. The van der Waals surface area contributed by atoms with Crippen LogP contribution >= 0.6 is 0 Å². The van der Waals surface area contributed by atoms with Gasteiger partial charge in [0.1, 0.15) is 0 Å². The van der Waals surface area contributed by atoms with Gasteiger partial charge in [0.25, 0.3) is 0 Å². The maximum Gasteiger partial charge on any atom is 0.244 e. The number of morpholine rings is 1. The van der Waals surface area contributed by atoms with Gasteiger partial charge in [-0.25, -0.2) is 10.9 Å². The topological polar surface area (TPSA) is 104 Å². The summed E-state index contributed by atoms with van der Waals surface area (Å²) >= 11 is 0. The van der Waals surface area contributed by atoms with E-state index in [1.807, 2.05) is 0 Å². The van der Waals surface area contributed by atoms with Crippen molar-refractivity contribution in [3.8, 4) is 0 Å². The first kappa shape index (κ1) is 14.2. The van der Waals surface area contributed by atoms with Crippen molar-refractivity contribution < 1.29 is 4.74 Å². The summed E-state index contributed by atoms with van der Waals surface area (Å²) in [5.74, 6) is 6.98. The van der Waals surface area contributed by atoms with Crippen molar-refractivity contribution >= 4 is 17.8 Å². The Labute approximate surface area is 123 Å². The van der Waals surface area contributed by atoms with E-state index in [-0.39, 0.29) is 0 Å². The van der Waals surface area contributed by atoms with Crippen LogP contribution in [0.25, 0.3) is 0 Å². The van der Waals surface area contributed by atoms with E-state index in [9.17, 15) is 0 Å². The molecule has 0 spiro atoms. The van der Waals surface area contributed by atoms with Crippen molar-refractivity contribution in [3.05, 3.63) is 0 Å². The molecule has 2 saturated heterocycles. The summed E-state index contributed by atoms with van der Waals surface area (Å²) in [4.78, 5) is 15.2. The molecule has 0 atom stereocenters. The predicted octanol–water partition coefficient (Wildman–Crippen LogP) is -0.193. The second-order valence-electron chi connectivity index (χ2n) is 5.19. The predicted molar refractivity (Wildman–Crippen MR) is 79.7 cm³/mol. The number of hydrazine groups is 2. The Morgan fingerprint density at radius 1 is 0.905 bits per heavy atom. The molecule has 0 saturated carbocycles. The SMILES string of the molecule is NNc1nc(NN2CCCCC2)nc(N2CCOCC2)n1. The van der Waals surface area contributed by atoms with E-state index in [4.69, 9.17) is 10.6 Å². The number of rotatable bonds is 4. The molecule has 4 N–H and O–H groups in total. The first-order valence-electron chi connectivity index (χ1n) is 7.42. The van der Waals surface area contributed by atoms with Crippen molar-refractivity contribution in [3.63, 3.8) is 0 Å². The Hall–Kier alpha value is -1.71. The highest BCUT2D eigenvalue weighted by Gasteiger charge is 2.18. The van der Waals surface area contributed by atoms with Gasteiger partial charge in [0.05, 0.1) is 13.2 Å². The van der Waals surface area contributed by atoms with E-state index >= 15 is 0 Å². The molecule has 0 aliphatic carbocycles. The molecule has 0 amide bonds. The molecule has 0 aromatic carbocycles. The van der Waals surface area contributed by atoms with Crippen LogP contribution in [0.1, 0.15) is 19.3 Å². The third kappa shape index (κ3) is 3.69. The molecular formula is C12H22N8O. The fourth-order valence-corrected chi connectivity index (χ4v) is 2.53. The Kier molecular flexibility index (Phi) is 4.63. The zero-order chi connectivity index (χ0) is 14.5. The zero-order valence-electron chi connectivity index (χ0n) is 12.1. The Morgan fingerprint density at radius 2 is 1.62 bits per heavy atom. The highest BCUT2D eigenvalue weighted by Crippen LogP contribution is 2.16. The van der Waals surface area contributed by atoms with E-state index in [2.05, 4.69) is 35.7 Å². The van der Waals surface area contributed by atoms with E-state index in [0.717, 1.165) is 26.2 Å². The normalized spacial score (nSPS) is 20.3. The quantitative estimate of drug-likeness (QED) is 0.514. The molecule has 1 aromatic rings. The van der Waals surface area contributed by atoms with Gasteiger partial charge in [-0.1, -0.05) is 6.42 Å². The lowest BCUT2D eigenvalue weighted by Gasteiger charge is -2.29. The van der Waals surface area contributed by atoms with Crippen LogP contribution < -0.4 is 21.6 Å². The molecule has 2 aliphatic heterocycles. The number of nitrogens with zero attached hydrogens (tertiary/aromatic N) is 5. The van der Waals surface area contributed by atoms with Crippen LogP contribution in [-0.4, -0.2) is 59.4 Å². The summed E-state index contributed by atoms with van der Waals surface area (Å²) < 4.78 is 5.35. The van der Waals surface area contributed by atoms with Crippen LogP contribution in [0.2, 0.25) is 0 Å². The highest BCUT2D eigenvalue weighted by atomic mass is 16.5. The van der Waals surface area contributed by atoms with Gasteiger partial charge in [0.15, 0.2) is 0 Å². The van der Waals surface area contributed by atoms with Gasteiger partial charge in [0, 0.05) is 26.2 Å². The molecule has 3 rings (SSSR count). The van der Waals surface area contributed by atoms with Crippen LogP contribution in [0.3, 0.4) is 0 Å². The van der Waals surface area contributed by atoms with Crippen LogP contribution in [0.4, 0.5) is 17.8 Å². The van der Waals surface area contributed by atoms with Gasteiger partial charge < -0.3 is 9.64 Å². The van der Waals surface area contributed by atoms with Crippen molar-refractivity contribution in [2.24, 2.45) is 5.84 Å². The third-order valence-corrected chi connectivity index (χ3v) is 3.66. The van der Waals surface area contributed by atoms with Gasteiger partial charge in [-0.05, 0) is 12.8 Å². The lowest BCUT2D eigenvalue weighted by atomic mass is 10.2. The van der Waals surface area contributed by atoms with Crippen LogP contribution in [-0.2, 0) is 4.74 Å². The molecule has 9 nitrogen and oxygen atoms in total. The molecule has 0 bridgehead atoms. The van der Waals surface area contributed by atoms with E-state index in [1.165, 1.54) is 19.3 Å². The van der Waals surface area contributed by atoms with E-state index < -0.39 is 0 Å². The van der Waals surface area contributed by atoms with Gasteiger partial charge in [0.2, 0.25) is 17.8 Å². The van der Waals surface area contributed by atoms with Crippen molar-refractivity contribution in [2.45, 2.75) is 19.3 Å². The maximum atomic E-state index is 5.46. The number of aromatic nitrogens is 3. The third-order valence-electron chi connectivity index (χ3n) is 3.66. The number of hydrogen-bond acceptors (Lipinski definition) is 9. The molecular weight excluding hydrogens is 272 g/mol. The molecule has 9 heteroatoms. The molecule has 0 radical (unpaired) electrons. The van der Waals surface area contributed by atoms with Gasteiger partial charge in [-0.15, -0.1) is 0 Å². The van der Waals surface area contributed by atoms with Gasteiger partial charge >= 0.3 is 0 Å². The second kappa shape index (κ2) is 6.83. The molecule has 2 aliphatic rings. The summed E-state index contributed by atoms with van der Waals surface area (Å²) in [6.45, 7) is 4.93. The number of nitrogen functional groups attached to an aromatic ring is 1. The summed E-state index contributed by atoms with van der Waals surface area (Å²) in [6, 6.07) is 0. The summed E-state index contributed by atoms with van der Waals surface area (Å²) in [7, 11) is 0. The summed E-state index contributed by atoms with van der Waals surface area (Å²) in [6.07, 6.45) is 3.66. The van der Waals surface area contributed by atoms with Crippen molar-refractivity contribution in [1.29, 1.82) is 0 Å². The Morgan fingerprint density at radius 3 is 2.33 bits per heavy atom. The smallest absolute Gasteiger partial charge is 0.244 e. The lowest BCUT2D eigenvalue weighted by molar-refractivity contribution is 0.122. The maximum absolute atomic E-state index is 5.46. The average molecular weight is 294 g/mol. The Balaban J connectivity index is 1.75. The molecule has 116 valence electrons. The number of anilines is 3. The molecule has 1 aromatic heterocycles. The monoisotopic (exact) mass is 294 g/mol. The largest absolute Gasteiger partial charge is 0.378 e. The van der Waals surface area contributed by atoms with E-state index in [1.54, 1.807) is 0 Å². The van der Waals surface area contributed by atoms with Crippen LogP contribution in [0.5, 0.6) is 0 Å². The molecule has 2 fully saturated rings. The molecule has 21 heavy (non-hydrogen) atoms. The fourth-order valence-electron chi connectivity index (χ4n) is 2.53. The minimum Gasteiger partial charge on any atom is -0.378 e. The highest BCUT2D eigenvalue weighted by molar-refractivity contribution is 5.43. The summed E-state index contributed by atoms with van der Waals surface area (Å²) in [5.41, 5.74) is 5.76. The fraction of sp³-hybridized carbons (Fsp3) is 0.750. The van der Waals surface area contributed by atoms with Crippen LogP contribution in [0, 0.1) is 0 Å². The minimum atomic E-state index is 0.367. The zero-order valence-corrected chi connectivity index (χ0v) is 12.1. The standard InChI is InChI=1S/C12H22N8O/c13-17-10-14-11(18-20-4-2-1-3-5-20)16-12(15-10)19-6-8-21-9-7-19/h1-9,13H2,(H2,14,15,16,17,18). The minimum absolute atomic E-state index is 0.367. The number of nitrogens with two attached hydrogens (primary N) is 1. The number of ether oxygens (including phenoxy) is 1. The Bertz CT molecular complexity index is 459. The van der Waals surface area contributed by atoms with E-state index in [0.29, 0.717) is 31.1 Å². The first-order chi connectivity index (χ1) is 10.3. The van der Waals surface area contributed by atoms with Crippen LogP contribution in [0.15, 0.2) is 0 Å². The van der Waals surface area contributed by atoms with Gasteiger partial charge in [-0.3, -0.25) is 10.9 Å². The van der Waals surface area contributed by atoms with Crippen molar-refractivity contribution in [1.82, 2.24) is 20.0 Å². The average Bonchev–Trinajstić information content (AvgIpc) is 2.56. The summed E-state index contributed by atoms with van der Waals surface area (Å²) in [5, 5.41) is 2.14. The molecule has 0 unspecified atom stereocenters. The number of hydrogen-bond donors (Lipinski definition) is 3. The van der Waals surface area contributed by atoms with Gasteiger partial charge in [-0.2, -0.15) is 15.0 Å². The lowest BCUT2D eigenvalue weighted by Crippen LogP contribution is -2.39. The second-order valence-corrected chi connectivity index (χ2v) is 5.19. The first-order valence-corrected chi connectivity index (χ1v) is 7.42. The van der Waals surface area contributed by atoms with Crippen molar-refractivity contribution in [2.75, 3.05) is 55.1 Å². The molecule has 3 heterocycles.